The van der Waals surface area contributed by atoms with Crippen molar-refractivity contribution >= 4 is 0 Å². The highest BCUT2D eigenvalue weighted by Crippen LogP contribution is 2.34. The van der Waals surface area contributed by atoms with Crippen LogP contribution in [0, 0.1) is 17.1 Å². The van der Waals surface area contributed by atoms with Gasteiger partial charge in [0.25, 0.3) is 0 Å². The number of benzene rings is 2. The Kier molecular flexibility index (Phi) is 5.12. The fraction of sp³-hybridized carbons (Fsp3) is 0.350. The molecule has 1 heterocycles. The standard InChI is InChI=1S/C20H21FN2O/c1-2-24-18-8-6-16(7-9-18)20-4-3-11-23(20)14-17-12-15(13-22)5-10-19(17)21/h5-10,12,20H,2-4,11,14H2,1H3. The summed E-state index contributed by atoms with van der Waals surface area (Å²) in [4.78, 5) is 2.29. The molecular formula is C20H21FN2O. The number of hydrogen-bond acceptors (Lipinski definition) is 3. The van der Waals surface area contributed by atoms with E-state index in [0.717, 1.165) is 25.1 Å². The second-order valence-electron chi connectivity index (χ2n) is 6.05. The van der Waals surface area contributed by atoms with Crippen molar-refractivity contribution in [3.8, 4) is 11.8 Å². The molecule has 24 heavy (non-hydrogen) atoms. The van der Waals surface area contributed by atoms with Crippen molar-refractivity contribution < 1.29 is 9.13 Å². The molecule has 3 nitrogen and oxygen atoms in total. The third-order valence-electron chi connectivity index (χ3n) is 4.49. The minimum atomic E-state index is -0.244. The molecule has 0 radical (unpaired) electrons. The first-order chi connectivity index (χ1) is 11.7. The molecule has 0 amide bonds. The van der Waals surface area contributed by atoms with E-state index in [1.165, 1.54) is 17.7 Å². The van der Waals surface area contributed by atoms with Gasteiger partial charge in [0.2, 0.25) is 0 Å². The summed E-state index contributed by atoms with van der Waals surface area (Å²) < 4.78 is 19.6. The van der Waals surface area contributed by atoms with E-state index in [0.29, 0.717) is 24.3 Å². The smallest absolute Gasteiger partial charge is 0.127 e. The molecular weight excluding hydrogens is 303 g/mol. The molecule has 0 aromatic heterocycles. The molecule has 124 valence electrons. The second kappa shape index (κ2) is 7.46. The average Bonchev–Trinajstić information content (AvgIpc) is 3.06. The summed E-state index contributed by atoms with van der Waals surface area (Å²) in [7, 11) is 0. The monoisotopic (exact) mass is 324 g/mol. The Bertz CT molecular complexity index is 736. The maximum absolute atomic E-state index is 14.1. The van der Waals surface area contributed by atoms with E-state index in [-0.39, 0.29) is 11.9 Å². The fourth-order valence-electron chi connectivity index (χ4n) is 3.33. The van der Waals surface area contributed by atoms with Gasteiger partial charge < -0.3 is 4.74 Å². The van der Waals surface area contributed by atoms with Gasteiger partial charge in [0.1, 0.15) is 11.6 Å². The summed E-state index contributed by atoms with van der Waals surface area (Å²) in [6, 6.07) is 15.1. The molecule has 0 aliphatic carbocycles. The van der Waals surface area contributed by atoms with Crippen LogP contribution in [0.15, 0.2) is 42.5 Å². The van der Waals surface area contributed by atoms with E-state index in [1.54, 1.807) is 6.07 Å². The summed E-state index contributed by atoms with van der Waals surface area (Å²) in [5.74, 6) is 0.630. The highest BCUT2D eigenvalue weighted by molar-refractivity contribution is 5.34. The topological polar surface area (TPSA) is 36.3 Å². The maximum Gasteiger partial charge on any atom is 0.127 e. The lowest BCUT2D eigenvalue weighted by Gasteiger charge is -2.25. The molecule has 1 aliphatic heterocycles. The molecule has 1 unspecified atom stereocenters. The van der Waals surface area contributed by atoms with Crippen LogP contribution >= 0.6 is 0 Å². The maximum atomic E-state index is 14.1. The van der Waals surface area contributed by atoms with Crippen LogP contribution in [0.25, 0.3) is 0 Å². The van der Waals surface area contributed by atoms with Crippen LogP contribution in [-0.4, -0.2) is 18.1 Å². The van der Waals surface area contributed by atoms with Gasteiger partial charge in [0.05, 0.1) is 18.2 Å². The first kappa shape index (κ1) is 16.5. The van der Waals surface area contributed by atoms with Gasteiger partial charge in [-0.05, 0) is 62.2 Å². The zero-order chi connectivity index (χ0) is 16.9. The largest absolute Gasteiger partial charge is 0.494 e. The van der Waals surface area contributed by atoms with Gasteiger partial charge in [-0.2, -0.15) is 5.26 Å². The Morgan fingerprint density at radius 2 is 2.04 bits per heavy atom. The third kappa shape index (κ3) is 3.58. The Hall–Kier alpha value is -2.38. The molecule has 1 aliphatic rings. The molecule has 1 atom stereocenters. The molecule has 0 saturated carbocycles. The number of ether oxygens (including phenoxy) is 1. The quantitative estimate of drug-likeness (QED) is 0.816. The van der Waals surface area contributed by atoms with E-state index in [2.05, 4.69) is 23.1 Å². The molecule has 1 saturated heterocycles. The van der Waals surface area contributed by atoms with Crippen molar-refractivity contribution in [2.24, 2.45) is 0 Å². The lowest BCUT2D eigenvalue weighted by molar-refractivity contribution is 0.245. The van der Waals surface area contributed by atoms with E-state index >= 15 is 0 Å². The summed E-state index contributed by atoms with van der Waals surface area (Å²) >= 11 is 0. The third-order valence-corrected chi connectivity index (χ3v) is 4.49. The van der Waals surface area contributed by atoms with E-state index in [4.69, 9.17) is 10.00 Å². The number of halogens is 1. The van der Waals surface area contributed by atoms with E-state index in [1.807, 2.05) is 19.1 Å². The number of nitrogens with zero attached hydrogens (tertiary/aromatic N) is 2. The zero-order valence-corrected chi connectivity index (χ0v) is 13.8. The van der Waals surface area contributed by atoms with Crippen LogP contribution in [0.1, 0.15) is 42.5 Å². The Morgan fingerprint density at radius 1 is 1.25 bits per heavy atom. The van der Waals surface area contributed by atoms with Crippen molar-refractivity contribution in [1.29, 1.82) is 5.26 Å². The summed E-state index contributed by atoms with van der Waals surface area (Å²) in [5.41, 5.74) is 2.32. The van der Waals surface area contributed by atoms with Crippen LogP contribution in [0.5, 0.6) is 5.75 Å². The van der Waals surface area contributed by atoms with Crippen molar-refractivity contribution in [1.82, 2.24) is 4.90 Å². The number of nitriles is 1. The average molecular weight is 324 g/mol. The minimum absolute atomic E-state index is 0.244. The summed E-state index contributed by atoms with van der Waals surface area (Å²) in [6.45, 7) is 4.09. The van der Waals surface area contributed by atoms with Crippen molar-refractivity contribution in [3.05, 3.63) is 65.0 Å². The van der Waals surface area contributed by atoms with Crippen LogP contribution in [0.4, 0.5) is 4.39 Å². The molecule has 4 heteroatoms. The van der Waals surface area contributed by atoms with Gasteiger partial charge in [-0.3, -0.25) is 4.90 Å². The predicted octanol–water partition coefficient (Wildman–Crippen LogP) is 4.43. The molecule has 3 rings (SSSR count). The highest BCUT2D eigenvalue weighted by atomic mass is 19.1. The Labute approximate surface area is 142 Å². The normalized spacial score (nSPS) is 17.6. The molecule has 1 fully saturated rings. The predicted molar refractivity (Wildman–Crippen MR) is 91.1 cm³/mol. The van der Waals surface area contributed by atoms with Crippen molar-refractivity contribution in [2.45, 2.75) is 32.4 Å². The van der Waals surface area contributed by atoms with Gasteiger partial charge in [-0.1, -0.05) is 12.1 Å². The lowest BCUT2D eigenvalue weighted by atomic mass is 10.0. The highest BCUT2D eigenvalue weighted by Gasteiger charge is 2.26. The molecule has 0 N–H and O–H groups in total. The number of rotatable bonds is 5. The van der Waals surface area contributed by atoms with Gasteiger partial charge in [-0.15, -0.1) is 0 Å². The molecule has 0 bridgehead atoms. The van der Waals surface area contributed by atoms with Gasteiger partial charge >= 0.3 is 0 Å². The Balaban J connectivity index is 1.77. The zero-order valence-electron chi connectivity index (χ0n) is 13.8. The van der Waals surface area contributed by atoms with E-state index < -0.39 is 0 Å². The summed E-state index contributed by atoms with van der Waals surface area (Å²) in [6.07, 6.45) is 2.16. The van der Waals surface area contributed by atoms with Gasteiger partial charge in [0, 0.05) is 18.2 Å². The molecule has 0 spiro atoms. The summed E-state index contributed by atoms with van der Waals surface area (Å²) in [5, 5.41) is 9.02. The van der Waals surface area contributed by atoms with Crippen molar-refractivity contribution in [3.63, 3.8) is 0 Å². The molecule has 2 aromatic rings. The van der Waals surface area contributed by atoms with Gasteiger partial charge in [0.15, 0.2) is 0 Å². The number of likely N-dealkylation sites (tertiary alicyclic amines) is 1. The van der Waals surface area contributed by atoms with Crippen LogP contribution < -0.4 is 4.74 Å². The second-order valence-corrected chi connectivity index (χ2v) is 6.05. The fourth-order valence-corrected chi connectivity index (χ4v) is 3.33. The number of hydrogen-bond donors (Lipinski definition) is 0. The van der Waals surface area contributed by atoms with Crippen molar-refractivity contribution in [2.75, 3.05) is 13.2 Å². The van der Waals surface area contributed by atoms with Crippen LogP contribution in [-0.2, 0) is 6.54 Å². The first-order valence-corrected chi connectivity index (χ1v) is 8.36. The first-order valence-electron chi connectivity index (χ1n) is 8.36. The lowest BCUT2D eigenvalue weighted by Crippen LogP contribution is -2.23. The van der Waals surface area contributed by atoms with Crippen LogP contribution in [0.3, 0.4) is 0 Å². The van der Waals surface area contributed by atoms with E-state index in [9.17, 15) is 4.39 Å². The molecule has 2 aromatic carbocycles. The van der Waals surface area contributed by atoms with Gasteiger partial charge in [-0.25, -0.2) is 4.39 Å². The van der Waals surface area contributed by atoms with Crippen LogP contribution in [0.2, 0.25) is 0 Å². The minimum Gasteiger partial charge on any atom is -0.494 e. The SMILES string of the molecule is CCOc1ccc(C2CCCN2Cc2cc(C#N)ccc2F)cc1. The Morgan fingerprint density at radius 3 is 2.75 bits per heavy atom.